The lowest BCUT2D eigenvalue weighted by atomic mass is 10.5. The fourth-order valence-electron chi connectivity index (χ4n) is 0.846. The standard InChI is InChI=1S/C8H12BrN3O2S/c1-2-5-11-15(13,14)12-8-4-3-7(9)6-10-8/h3-4,6,11H,2,5H2,1H3,(H,10,12). The zero-order valence-electron chi connectivity index (χ0n) is 8.20. The van der Waals surface area contributed by atoms with Gasteiger partial charge in [-0.3, -0.25) is 4.72 Å². The molecule has 15 heavy (non-hydrogen) atoms. The molecule has 0 atom stereocenters. The van der Waals surface area contributed by atoms with Crippen LogP contribution in [0.5, 0.6) is 0 Å². The normalized spacial score (nSPS) is 11.3. The van der Waals surface area contributed by atoms with Crippen LogP contribution in [0.3, 0.4) is 0 Å². The van der Waals surface area contributed by atoms with Gasteiger partial charge in [-0.05, 0) is 34.5 Å². The summed E-state index contributed by atoms with van der Waals surface area (Å²) in [5.74, 6) is 0.293. The van der Waals surface area contributed by atoms with Crippen LogP contribution in [0.25, 0.3) is 0 Å². The first-order valence-corrected chi connectivity index (χ1v) is 6.70. The Labute approximate surface area is 97.6 Å². The molecule has 2 N–H and O–H groups in total. The number of nitrogens with one attached hydrogen (secondary N) is 2. The van der Waals surface area contributed by atoms with Crippen LogP contribution in [0.2, 0.25) is 0 Å². The van der Waals surface area contributed by atoms with E-state index in [4.69, 9.17) is 0 Å². The second kappa shape index (κ2) is 5.43. The molecule has 0 saturated heterocycles. The largest absolute Gasteiger partial charge is 0.300 e. The van der Waals surface area contributed by atoms with Crippen molar-refractivity contribution in [2.75, 3.05) is 11.3 Å². The molecule has 0 aliphatic heterocycles. The van der Waals surface area contributed by atoms with Gasteiger partial charge in [0, 0.05) is 17.2 Å². The Morgan fingerprint density at radius 1 is 1.47 bits per heavy atom. The third-order valence-electron chi connectivity index (χ3n) is 1.51. The van der Waals surface area contributed by atoms with E-state index >= 15 is 0 Å². The lowest BCUT2D eigenvalue weighted by molar-refractivity contribution is 0.586. The molecule has 0 aliphatic rings. The number of halogens is 1. The Hall–Kier alpha value is -0.660. The molecule has 1 rings (SSSR count). The summed E-state index contributed by atoms with van der Waals surface area (Å²) in [6, 6.07) is 3.29. The highest BCUT2D eigenvalue weighted by molar-refractivity contribution is 9.10. The van der Waals surface area contributed by atoms with E-state index in [1.165, 1.54) is 6.20 Å². The number of aromatic nitrogens is 1. The Bertz CT molecular complexity index is 404. The summed E-state index contributed by atoms with van der Waals surface area (Å²) >= 11 is 3.21. The SMILES string of the molecule is CCCNS(=O)(=O)Nc1ccc(Br)cn1. The first-order valence-electron chi connectivity index (χ1n) is 4.42. The van der Waals surface area contributed by atoms with E-state index in [9.17, 15) is 8.42 Å². The van der Waals surface area contributed by atoms with Crippen LogP contribution < -0.4 is 9.44 Å². The van der Waals surface area contributed by atoms with E-state index in [2.05, 4.69) is 30.4 Å². The van der Waals surface area contributed by atoms with Crippen LogP contribution in [-0.2, 0) is 10.2 Å². The van der Waals surface area contributed by atoms with Gasteiger partial charge in [-0.15, -0.1) is 0 Å². The minimum atomic E-state index is -3.49. The molecule has 5 nitrogen and oxygen atoms in total. The van der Waals surface area contributed by atoms with E-state index in [1.54, 1.807) is 12.1 Å². The predicted octanol–water partition coefficient (Wildman–Crippen LogP) is 1.50. The molecule has 0 unspecified atom stereocenters. The molecule has 0 aliphatic carbocycles. The van der Waals surface area contributed by atoms with Gasteiger partial charge in [-0.2, -0.15) is 13.1 Å². The van der Waals surface area contributed by atoms with Crippen molar-refractivity contribution >= 4 is 32.0 Å². The highest BCUT2D eigenvalue weighted by Crippen LogP contribution is 2.10. The van der Waals surface area contributed by atoms with Gasteiger partial charge in [-0.1, -0.05) is 6.92 Å². The van der Waals surface area contributed by atoms with Gasteiger partial charge in [0.2, 0.25) is 0 Å². The summed E-state index contributed by atoms with van der Waals surface area (Å²) in [4.78, 5) is 3.89. The lowest BCUT2D eigenvalue weighted by Crippen LogP contribution is -2.30. The average Bonchev–Trinajstić information content (AvgIpc) is 2.18. The van der Waals surface area contributed by atoms with E-state index in [1.807, 2.05) is 6.92 Å². The topological polar surface area (TPSA) is 71.1 Å². The van der Waals surface area contributed by atoms with Crippen LogP contribution in [0.15, 0.2) is 22.8 Å². The molecule has 84 valence electrons. The number of nitrogens with zero attached hydrogens (tertiary/aromatic N) is 1. The van der Waals surface area contributed by atoms with E-state index in [-0.39, 0.29) is 0 Å². The van der Waals surface area contributed by atoms with Crippen molar-refractivity contribution in [2.24, 2.45) is 0 Å². The van der Waals surface area contributed by atoms with Gasteiger partial charge >= 0.3 is 0 Å². The Balaban J connectivity index is 2.65. The maximum Gasteiger partial charge on any atom is 0.300 e. The lowest BCUT2D eigenvalue weighted by Gasteiger charge is -2.07. The molecule has 1 heterocycles. The maximum absolute atomic E-state index is 11.4. The summed E-state index contributed by atoms with van der Waals surface area (Å²) in [6.45, 7) is 2.30. The van der Waals surface area contributed by atoms with Crippen molar-refractivity contribution in [3.05, 3.63) is 22.8 Å². The van der Waals surface area contributed by atoms with E-state index in [0.29, 0.717) is 12.4 Å². The van der Waals surface area contributed by atoms with E-state index < -0.39 is 10.2 Å². The minimum Gasteiger partial charge on any atom is -0.255 e. The van der Waals surface area contributed by atoms with Gasteiger partial charge in [0.05, 0.1) is 0 Å². The smallest absolute Gasteiger partial charge is 0.255 e. The maximum atomic E-state index is 11.4. The molecule has 0 fully saturated rings. The molecule has 0 bridgehead atoms. The van der Waals surface area contributed by atoms with Crippen LogP contribution in [-0.4, -0.2) is 19.9 Å². The van der Waals surface area contributed by atoms with Crippen molar-refractivity contribution in [1.82, 2.24) is 9.71 Å². The molecule has 0 aromatic carbocycles. The zero-order chi connectivity index (χ0) is 11.3. The minimum absolute atomic E-state index is 0.293. The second-order valence-electron chi connectivity index (χ2n) is 2.86. The van der Waals surface area contributed by atoms with Crippen molar-refractivity contribution in [2.45, 2.75) is 13.3 Å². The monoisotopic (exact) mass is 293 g/mol. The molecule has 1 aromatic heterocycles. The van der Waals surface area contributed by atoms with Crippen molar-refractivity contribution in [3.63, 3.8) is 0 Å². The third-order valence-corrected chi connectivity index (χ3v) is 3.04. The number of pyridine rings is 1. The van der Waals surface area contributed by atoms with E-state index in [0.717, 1.165) is 10.9 Å². The number of rotatable bonds is 5. The van der Waals surface area contributed by atoms with Gasteiger partial charge < -0.3 is 0 Å². The Morgan fingerprint density at radius 2 is 2.20 bits per heavy atom. The number of hydrogen-bond acceptors (Lipinski definition) is 3. The molecular formula is C8H12BrN3O2S. The highest BCUT2D eigenvalue weighted by Gasteiger charge is 2.08. The fraction of sp³-hybridized carbons (Fsp3) is 0.375. The molecule has 0 saturated carbocycles. The Morgan fingerprint density at radius 3 is 2.73 bits per heavy atom. The molecule has 1 aromatic rings. The van der Waals surface area contributed by atoms with Crippen LogP contribution >= 0.6 is 15.9 Å². The quantitative estimate of drug-likeness (QED) is 0.864. The summed E-state index contributed by atoms with van der Waals surface area (Å²) in [5.41, 5.74) is 0. The van der Waals surface area contributed by atoms with Gasteiger partial charge in [0.15, 0.2) is 0 Å². The molecule has 0 radical (unpaired) electrons. The van der Waals surface area contributed by atoms with Gasteiger partial charge in [0.1, 0.15) is 5.82 Å². The van der Waals surface area contributed by atoms with Crippen molar-refractivity contribution in [3.8, 4) is 0 Å². The predicted molar refractivity (Wildman–Crippen MR) is 62.8 cm³/mol. The van der Waals surface area contributed by atoms with Crippen molar-refractivity contribution < 1.29 is 8.42 Å². The van der Waals surface area contributed by atoms with Crippen LogP contribution in [0.4, 0.5) is 5.82 Å². The van der Waals surface area contributed by atoms with Crippen molar-refractivity contribution in [1.29, 1.82) is 0 Å². The van der Waals surface area contributed by atoms with Gasteiger partial charge in [-0.25, -0.2) is 4.98 Å². The van der Waals surface area contributed by atoms with Gasteiger partial charge in [0.25, 0.3) is 10.2 Å². The summed E-state index contributed by atoms with van der Waals surface area (Å²) < 4.78 is 28.2. The molecule has 7 heteroatoms. The molecular weight excluding hydrogens is 282 g/mol. The first kappa shape index (κ1) is 12.4. The fourth-order valence-corrected chi connectivity index (χ4v) is 2.02. The zero-order valence-corrected chi connectivity index (χ0v) is 10.6. The molecule has 0 amide bonds. The number of hydrogen-bond donors (Lipinski definition) is 2. The molecule has 0 spiro atoms. The summed E-state index contributed by atoms with van der Waals surface area (Å²) in [6.07, 6.45) is 2.27. The van der Waals surface area contributed by atoms with Crippen LogP contribution in [0.1, 0.15) is 13.3 Å². The first-order chi connectivity index (χ1) is 7.03. The summed E-state index contributed by atoms with van der Waals surface area (Å²) in [5, 5.41) is 0. The number of anilines is 1. The Kier molecular flexibility index (Phi) is 4.49. The summed E-state index contributed by atoms with van der Waals surface area (Å²) in [7, 11) is -3.49. The third kappa shape index (κ3) is 4.59. The average molecular weight is 294 g/mol. The van der Waals surface area contributed by atoms with Crippen LogP contribution in [0, 0.1) is 0 Å². The highest BCUT2D eigenvalue weighted by atomic mass is 79.9. The second-order valence-corrected chi connectivity index (χ2v) is 5.28.